The summed E-state index contributed by atoms with van der Waals surface area (Å²) in [5.74, 6) is -0.696. The average Bonchev–Trinajstić information content (AvgIpc) is 3.19. The Morgan fingerprint density at radius 2 is 1.69 bits per heavy atom. The van der Waals surface area contributed by atoms with E-state index in [0.717, 1.165) is 16.8 Å². The highest BCUT2D eigenvalue weighted by molar-refractivity contribution is 6.96. The van der Waals surface area contributed by atoms with Crippen LogP contribution in [0.1, 0.15) is 71.6 Å². The van der Waals surface area contributed by atoms with Gasteiger partial charge in [-0.25, -0.2) is 9.78 Å². The first-order valence-corrected chi connectivity index (χ1v) is 15.3. The molecule has 6 nitrogen and oxygen atoms in total. The molecular formula is C29H36N2O4Si. The molecular weight excluding hydrogens is 468 g/mol. The Kier molecular flexibility index (Phi) is 5.80. The van der Waals surface area contributed by atoms with Crippen LogP contribution in [0, 0.1) is 0 Å². The number of benzene rings is 1. The second kappa shape index (κ2) is 8.38. The number of pyridine rings is 2. The second-order valence-electron chi connectivity index (χ2n) is 11.3. The summed E-state index contributed by atoms with van der Waals surface area (Å²) in [6.07, 6.45) is 0.134. The SMILES string of the molecule is CC[C@@]1(O)C(=O)OCc2c1cc1n(c2=O)Cc2c-1nc1ccccc1c2[Si](C(C)C)(C(C)C)C(C)C. The lowest BCUT2D eigenvalue weighted by molar-refractivity contribution is -0.172. The van der Waals surface area contributed by atoms with E-state index in [0.29, 0.717) is 40.0 Å². The highest BCUT2D eigenvalue weighted by atomic mass is 28.3. The van der Waals surface area contributed by atoms with Gasteiger partial charge < -0.3 is 14.4 Å². The molecule has 4 heterocycles. The Bertz CT molecular complexity index is 1430. The summed E-state index contributed by atoms with van der Waals surface area (Å²) in [4.78, 5) is 31.4. The van der Waals surface area contributed by atoms with Crippen molar-refractivity contribution in [3.8, 4) is 11.4 Å². The molecule has 1 atom stereocenters. The van der Waals surface area contributed by atoms with E-state index >= 15 is 0 Å². The van der Waals surface area contributed by atoms with Gasteiger partial charge in [0.1, 0.15) is 6.61 Å². The Morgan fingerprint density at radius 1 is 1.06 bits per heavy atom. The molecule has 1 aromatic carbocycles. The van der Waals surface area contributed by atoms with E-state index in [1.807, 2.05) is 12.1 Å². The largest absolute Gasteiger partial charge is 0.458 e. The molecule has 0 saturated heterocycles. The minimum Gasteiger partial charge on any atom is -0.458 e. The van der Waals surface area contributed by atoms with Gasteiger partial charge in [-0.2, -0.15) is 0 Å². The molecule has 5 rings (SSSR count). The number of carbonyl (C=O) groups is 1. The van der Waals surface area contributed by atoms with E-state index in [4.69, 9.17) is 9.72 Å². The highest BCUT2D eigenvalue weighted by Crippen LogP contribution is 2.45. The Balaban J connectivity index is 1.91. The van der Waals surface area contributed by atoms with Crippen molar-refractivity contribution < 1.29 is 14.6 Å². The Morgan fingerprint density at radius 3 is 2.31 bits per heavy atom. The number of carbonyl (C=O) groups excluding carboxylic acids is 1. The van der Waals surface area contributed by atoms with Crippen LogP contribution in [0.3, 0.4) is 0 Å². The van der Waals surface area contributed by atoms with E-state index in [1.54, 1.807) is 11.5 Å². The number of aliphatic hydroxyl groups is 1. The quantitative estimate of drug-likeness (QED) is 0.307. The number of hydrogen-bond acceptors (Lipinski definition) is 5. The van der Waals surface area contributed by atoms with Gasteiger partial charge in [-0.3, -0.25) is 4.79 Å². The van der Waals surface area contributed by atoms with Crippen LogP contribution in [0.25, 0.3) is 22.3 Å². The highest BCUT2D eigenvalue weighted by Gasteiger charge is 2.49. The molecule has 3 aromatic rings. The zero-order chi connectivity index (χ0) is 26.2. The molecule has 2 aromatic heterocycles. The third-order valence-corrected chi connectivity index (χ3v) is 16.1. The number of para-hydroxylation sites is 1. The summed E-state index contributed by atoms with van der Waals surface area (Å²) in [5, 5.41) is 13.8. The smallest absolute Gasteiger partial charge is 0.343 e. The maximum Gasteiger partial charge on any atom is 0.343 e. The van der Waals surface area contributed by atoms with Crippen LogP contribution in [0.2, 0.25) is 16.6 Å². The van der Waals surface area contributed by atoms with Crippen LogP contribution in [0.15, 0.2) is 35.1 Å². The van der Waals surface area contributed by atoms with Crippen LogP contribution in [-0.4, -0.2) is 28.7 Å². The average molecular weight is 505 g/mol. The number of cyclic esters (lactones) is 1. The van der Waals surface area contributed by atoms with Crippen molar-refractivity contribution in [2.45, 2.75) is 90.3 Å². The summed E-state index contributed by atoms with van der Waals surface area (Å²) >= 11 is 0. The maximum atomic E-state index is 13.8. The minimum absolute atomic E-state index is 0.114. The van der Waals surface area contributed by atoms with Crippen LogP contribution in [0.4, 0.5) is 0 Å². The number of aromatic nitrogens is 2. The molecule has 2 aliphatic heterocycles. The lowest BCUT2D eigenvalue weighted by Crippen LogP contribution is -2.57. The molecule has 0 amide bonds. The van der Waals surface area contributed by atoms with Crippen molar-refractivity contribution in [3.05, 3.63) is 57.4 Å². The van der Waals surface area contributed by atoms with Gasteiger partial charge in [0.25, 0.3) is 5.56 Å². The van der Waals surface area contributed by atoms with Gasteiger partial charge in [-0.1, -0.05) is 66.7 Å². The molecule has 0 unspecified atom stereocenters. The van der Waals surface area contributed by atoms with E-state index in [9.17, 15) is 14.7 Å². The third kappa shape index (κ3) is 3.08. The monoisotopic (exact) mass is 504 g/mol. The molecule has 190 valence electrons. The van der Waals surface area contributed by atoms with E-state index in [1.165, 1.54) is 10.6 Å². The fraction of sp³-hybridized carbons (Fsp3) is 0.483. The molecule has 0 fully saturated rings. The number of esters is 1. The van der Waals surface area contributed by atoms with Crippen LogP contribution in [0.5, 0.6) is 0 Å². The van der Waals surface area contributed by atoms with Crippen LogP contribution >= 0.6 is 0 Å². The summed E-state index contributed by atoms with van der Waals surface area (Å²) in [5.41, 5.74) is 3.69. The van der Waals surface area contributed by atoms with E-state index in [2.05, 4.69) is 59.7 Å². The Hall–Kier alpha value is -2.77. The summed E-state index contributed by atoms with van der Waals surface area (Å²) in [7, 11) is -2.14. The number of fused-ring (bicyclic) bond motifs is 5. The maximum absolute atomic E-state index is 13.8. The normalized spacial score (nSPS) is 19.1. The van der Waals surface area contributed by atoms with Gasteiger partial charge in [0, 0.05) is 5.56 Å². The summed E-state index contributed by atoms with van der Waals surface area (Å²) < 4.78 is 7.02. The fourth-order valence-corrected chi connectivity index (χ4v) is 14.5. The lowest BCUT2D eigenvalue weighted by Gasteiger charge is -2.45. The lowest BCUT2D eigenvalue weighted by atomic mass is 9.86. The van der Waals surface area contributed by atoms with Crippen molar-refractivity contribution in [1.29, 1.82) is 0 Å². The first kappa shape index (κ1) is 24.9. The topological polar surface area (TPSA) is 81.4 Å². The van der Waals surface area contributed by atoms with E-state index < -0.39 is 19.6 Å². The van der Waals surface area contributed by atoms with Gasteiger partial charge in [0.2, 0.25) is 0 Å². The standard InChI is InChI=1S/C29H36N2O4Si/c1-8-29(34)22-13-24-25-20(14-31(24)27(32)21(22)15-35-28(29)33)26(19-11-9-10-12-23(19)30-25)36(16(2)3,17(4)5)18(6)7/h9-13,16-18,34H,8,14-15H2,1-7H3/t29-/m0/s1. The predicted molar refractivity (Wildman–Crippen MR) is 145 cm³/mol. The fourth-order valence-electron chi connectivity index (χ4n) is 7.39. The number of nitrogens with zero attached hydrogens (tertiary/aromatic N) is 2. The summed E-state index contributed by atoms with van der Waals surface area (Å²) in [6.45, 7) is 16.2. The van der Waals surface area contributed by atoms with Crippen molar-refractivity contribution in [2.24, 2.45) is 0 Å². The number of rotatable bonds is 5. The van der Waals surface area contributed by atoms with Gasteiger partial charge >= 0.3 is 5.97 Å². The van der Waals surface area contributed by atoms with Gasteiger partial charge in [0.05, 0.1) is 37.1 Å². The van der Waals surface area contributed by atoms with Crippen molar-refractivity contribution in [2.75, 3.05) is 0 Å². The molecule has 0 spiro atoms. The zero-order valence-corrected chi connectivity index (χ0v) is 23.3. The molecule has 0 saturated carbocycles. The molecule has 36 heavy (non-hydrogen) atoms. The molecule has 2 aliphatic rings. The third-order valence-electron chi connectivity index (χ3n) is 8.89. The van der Waals surface area contributed by atoms with Crippen molar-refractivity contribution >= 4 is 30.1 Å². The van der Waals surface area contributed by atoms with Crippen molar-refractivity contribution in [3.63, 3.8) is 0 Å². The van der Waals surface area contributed by atoms with Crippen LogP contribution in [-0.2, 0) is 28.3 Å². The zero-order valence-electron chi connectivity index (χ0n) is 22.3. The van der Waals surface area contributed by atoms with Crippen molar-refractivity contribution in [1.82, 2.24) is 9.55 Å². The summed E-state index contributed by atoms with van der Waals surface area (Å²) in [6, 6.07) is 10.2. The Labute approximate surface area is 213 Å². The van der Waals surface area contributed by atoms with Gasteiger partial charge in [-0.15, -0.1) is 0 Å². The molecule has 0 bridgehead atoms. The number of hydrogen-bond donors (Lipinski definition) is 1. The molecule has 0 radical (unpaired) electrons. The van der Waals surface area contributed by atoms with Gasteiger partial charge in [0.15, 0.2) is 5.60 Å². The molecule has 0 aliphatic carbocycles. The first-order chi connectivity index (χ1) is 17.0. The van der Waals surface area contributed by atoms with E-state index in [-0.39, 0.29) is 18.6 Å². The molecule has 7 heteroatoms. The predicted octanol–water partition coefficient (Wildman–Crippen LogP) is 4.97. The van der Waals surface area contributed by atoms with Gasteiger partial charge in [-0.05, 0) is 51.3 Å². The number of ether oxygens (including phenoxy) is 1. The molecule has 1 N–H and O–H groups in total. The first-order valence-electron chi connectivity index (χ1n) is 13.1. The second-order valence-corrected chi connectivity index (χ2v) is 17.2. The van der Waals surface area contributed by atoms with Crippen LogP contribution < -0.4 is 10.7 Å². The minimum atomic E-state index is -2.14.